The van der Waals surface area contributed by atoms with Crippen LogP contribution in [0.15, 0.2) is 0 Å². The minimum absolute atomic E-state index is 0.0410. The lowest BCUT2D eigenvalue weighted by atomic mass is 10.2. The highest BCUT2D eigenvalue weighted by Gasteiger charge is 2.51. The van der Waals surface area contributed by atoms with Gasteiger partial charge in [-0.05, 0) is 13.8 Å². The highest BCUT2D eigenvalue weighted by atomic mass is 16.7. The summed E-state index contributed by atoms with van der Waals surface area (Å²) in [6.07, 6.45) is -0.0486. The van der Waals surface area contributed by atoms with E-state index in [4.69, 9.17) is 15.2 Å². The normalized spacial score (nSPS) is 41.8. The topological polar surface area (TPSA) is 83.5 Å². The second-order valence-electron chi connectivity index (χ2n) is 3.94. The van der Waals surface area contributed by atoms with Crippen molar-refractivity contribution in [2.24, 2.45) is 5.73 Å². The Labute approximate surface area is 76.6 Å². The van der Waals surface area contributed by atoms with Gasteiger partial charge in [-0.2, -0.15) is 0 Å². The van der Waals surface area contributed by atoms with Crippen molar-refractivity contribution in [1.82, 2.24) is 5.32 Å². The largest absolute Gasteiger partial charge is 0.368 e. The van der Waals surface area contributed by atoms with Crippen LogP contribution in [0.25, 0.3) is 0 Å². The second-order valence-corrected chi connectivity index (χ2v) is 3.94. The van der Waals surface area contributed by atoms with Crippen molar-refractivity contribution < 1.29 is 14.3 Å². The summed E-state index contributed by atoms with van der Waals surface area (Å²) in [5.41, 5.74) is 5.13. The van der Waals surface area contributed by atoms with Crippen molar-refractivity contribution in [2.75, 3.05) is 6.61 Å². The van der Waals surface area contributed by atoms with Gasteiger partial charge < -0.3 is 15.2 Å². The van der Waals surface area contributed by atoms with Crippen LogP contribution >= 0.6 is 0 Å². The molecule has 0 radical (unpaired) electrons. The Morgan fingerprint density at radius 1 is 1.62 bits per heavy atom. The molecule has 2 heterocycles. The second kappa shape index (κ2) is 2.67. The molecule has 2 saturated heterocycles. The lowest BCUT2D eigenvalue weighted by molar-refractivity contribution is -0.138. The Hall–Kier alpha value is -0.650. The first-order valence-electron chi connectivity index (χ1n) is 4.37. The SMILES string of the molecule is CC1(C)OC[C@H]([C@@H]2N[C@H]2C(N)=O)O1. The van der Waals surface area contributed by atoms with Crippen molar-refractivity contribution >= 4 is 5.91 Å². The number of primary amides is 1. The van der Waals surface area contributed by atoms with E-state index in [0.29, 0.717) is 6.61 Å². The smallest absolute Gasteiger partial charge is 0.236 e. The number of rotatable bonds is 2. The molecule has 0 aliphatic carbocycles. The van der Waals surface area contributed by atoms with Crippen molar-refractivity contribution in [3.8, 4) is 0 Å². The molecule has 0 bridgehead atoms. The van der Waals surface area contributed by atoms with Crippen molar-refractivity contribution in [1.29, 1.82) is 0 Å². The van der Waals surface area contributed by atoms with E-state index in [-0.39, 0.29) is 24.1 Å². The zero-order valence-corrected chi connectivity index (χ0v) is 7.74. The molecule has 0 aromatic heterocycles. The highest BCUT2D eigenvalue weighted by Crippen LogP contribution is 2.29. The zero-order valence-electron chi connectivity index (χ0n) is 7.74. The first-order chi connectivity index (χ1) is 5.99. The summed E-state index contributed by atoms with van der Waals surface area (Å²) >= 11 is 0. The molecule has 5 nitrogen and oxygen atoms in total. The first-order valence-corrected chi connectivity index (χ1v) is 4.37. The van der Waals surface area contributed by atoms with E-state index in [1.807, 2.05) is 13.8 Å². The van der Waals surface area contributed by atoms with Crippen LogP contribution in [-0.2, 0) is 14.3 Å². The third-order valence-corrected chi connectivity index (χ3v) is 2.36. The molecule has 2 rings (SSSR count). The van der Waals surface area contributed by atoms with E-state index in [0.717, 1.165) is 0 Å². The molecule has 0 saturated carbocycles. The molecule has 13 heavy (non-hydrogen) atoms. The molecule has 2 fully saturated rings. The molecular formula is C8H14N2O3. The number of nitrogens with two attached hydrogens (primary N) is 1. The minimum Gasteiger partial charge on any atom is -0.368 e. The molecule has 0 unspecified atom stereocenters. The fraction of sp³-hybridized carbons (Fsp3) is 0.875. The van der Waals surface area contributed by atoms with Gasteiger partial charge in [0.25, 0.3) is 0 Å². The predicted octanol–water partition coefficient (Wildman–Crippen LogP) is -1.04. The summed E-state index contributed by atoms with van der Waals surface area (Å²) in [5.74, 6) is -0.852. The average molecular weight is 186 g/mol. The van der Waals surface area contributed by atoms with Crippen LogP contribution in [0.4, 0.5) is 0 Å². The van der Waals surface area contributed by atoms with Gasteiger partial charge in [0.1, 0.15) is 12.1 Å². The standard InChI is InChI=1S/C8H14N2O3/c1-8(2)12-3-4(13-8)5-6(10-5)7(9)11/h4-6,10H,3H2,1-2H3,(H2,9,11)/t4-,5+,6-/m1/s1. The molecule has 74 valence electrons. The molecule has 2 aliphatic heterocycles. The molecule has 1 amide bonds. The number of ether oxygens (including phenoxy) is 2. The molecule has 3 N–H and O–H groups in total. The molecule has 0 spiro atoms. The van der Waals surface area contributed by atoms with E-state index in [9.17, 15) is 4.79 Å². The van der Waals surface area contributed by atoms with Gasteiger partial charge >= 0.3 is 0 Å². The monoisotopic (exact) mass is 186 g/mol. The summed E-state index contributed by atoms with van der Waals surface area (Å²) in [7, 11) is 0. The van der Waals surface area contributed by atoms with Crippen LogP contribution in [0.3, 0.4) is 0 Å². The number of carbonyl (C=O) groups is 1. The van der Waals surface area contributed by atoms with Crippen molar-refractivity contribution in [3.63, 3.8) is 0 Å². The predicted molar refractivity (Wildman–Crippen MR) is 44.8 cm³/mol. The number of amides is 1. The minimum atomic E-state index is -0.531. The lowest BCUT2D eigenvalue weighted by Gasteiger charge is -2.16. The third kappa shape index (κ3) is 1.67. The molecule has 3 atom stereocenters. The third-order valence-electron chi connectivity index (χ3n) is 2.36. The summed E-state index contributed by atoms with van der Waals surface area (Å²) in [6, 6.07) is -0.193. The van der Waals surface area contributed by atoms with Crippen LogP contribution in [0.1, 0.15) is 13.8 Å². The summed E-state index contributed by atoms with van der Waals surface area (Å²) < 4.78 is 10.9. The van der Waals surface area contributed by atoms with Gasteiger partial charge in [0.05, 0.1) is 12.6 Å². The Morgan fingerprint density at radius 3 is 2.69 bits per heavy atom. The Bertz CT molecular complexity index is 242. The van der Waals surface area contributed by atoms with Crippen LogP contribution < -0.4 is 11.1 Å². The van der Waals surface area contributed by atoms with E-state index in [1.165, 1.54) is 0 Å². The Kier molecular flexibility index (Phi) is 1.83. The summed E-state index contributed by atoms with van der Waals surface area (Å²) in [5, 5.41) is 2.97. The van der Waals surface area contributed by atoms with Gasteiger partial charge in [0.15, 0.2) is 5.79 Å². The van der Waals surface area contributed by atoms with Gasteiger partial charge in [-0.15, -0.1) is 0 Å². The zero-order chi connectivity index (χ0) is 9.64. The van der Waals surface area contributed by atoms with E-state index in [1.54, 1.807) is 0 Å². The van der Waals surface area contributed by atoms with Crippen LogP contribution in [0, 0.1) is 0 Å². The highest BCUT2D eigenvalue weighted by molar-refractivity contribution is 5.84. The van der Waals surface area contributed by atoms with Gasteiger partial charge in [-0.25, -0.2) is 0 Å². The van der Waals surface area contributed by atoms with Crippen LogP contribution in [-0.4, -0.2) is 36.5 Å². The maximum absolute atomic E-state index is 10.8. The number of hydrogen-bond acceptors (Lipinski definition) is 4. The lowest BCUT2D eigenvalue weighted by Crippen LogP contribution is -2.28. The fourth-order valence-electron chi connectivity index (χ4n) is 1.63. The molecule has 2 aliphatic rings. The maximum Gasteiger partial charge on any atom is 0.236 e. The van der Waals surface area contributed by atoms with Crippen molar-refractivity contribution in [2.45, 2.75) is 37.8 Å². The summed E-state index contributed by atoms with van der Waals surface area (Å²) in [4.78, 5) is 10.8. The van der Waals surface area contributed by atoms with Crippen LogP contribution in [0.5, 0.6) is 0 Å². The summed E-state index contributed by atoms with van der Waals surface area (Å²) in [6.45, 7) is 4.23. The van der Waals surface area contributed by atoms with Gasteiger partial charge in [0.2, 0.25) is 5.91 Å². The Morgan fingerprint density at radius 2 is 2.31 bits per heavy atom. The molecule has 0 aromatic carbocycles. The number of nitrogens with one attached hydrogen (secondary N) is 1. The fourth-order valence-corrected chi connectivity index (χ4v) is 1.63. The van der Waals surface area contributed by atoms with Gasteiger partial charge in [0, 0.05) is 0 Å². The van der Waals surface area contributed by atoms with E-state index < -0.39 is 5.79 Å². The quantitative estimate of drug-likeness (QED) is 0.540. The molecule has 0 aromatic rings. The van der Waals surface area contributed by atoms with Crippen LogP contribution in [0.2, 0.25) is 0 Å². The van der Waals surface area contributed by atoms with Gasteiger partial charge in [-0.3, -0.25) is 10.1 Å². The first kappa shape index (κ1) is 8.93. The van der Waals surface area contributed by atoms with E-state index in [2.05, 4.69) is 5.32 Å². The van der Waals surface area contributed by atoms with E-state index >= 15 is 0 Å². The Balaban J connectivity index is 1.89. The molecular weight excluding hydrogens is 172 g/mol. The molecule has 5 heteroatoms. The van der Waals surface area contributed by atoms with Gasteiger partial charge in [-0.1, -0.05) is 0 Å². The average Bonchev–Trinajstić information content (AvgIpc) is 2.71. The maximum atomic E-state index is 10.8. The number of carbonyl (C=O) groups excluding carboxylic acids is 1. The van der Waals surface area contributed by atoms with Crippen molar-refractivity contribution in [3.05, 3.63) is 0 Å². The number of hydrogen-bond donors (Lipinski definition) is 2.